The van der Waals surface area contributed by atoms with Crippen LogP contribution in [0.4, 0.5) is 0 Å². The predicted octanol–water partition coefficient (Wildman–Crippen LogP) is 2.80. The van der Waals surface area contributed by atoms with E-state index in [2.05, 4.69) is 13.2 Å². The predicted molar refractivity (Wildman–Crippen MR) is 67.2 cm³/mol. The van der Waals surface area contributed by atoms with Crippen LogP contribution in [0, 0.1) is 16.7 Å². The zero-order chi connectivity index (χ0) is 14.0. The van der Waals surface area contributed by atoms with Crippen LogP contribution < -0.4 is 0 Å². The van der Waals surface area contributed by atoms with Crippen molar-refractivity contribution in [3.05, 3.63) is 25.7 Å². The second kappa shape index (κ2) is 4.96. The van der Waals surface area contributed by atoms with Crippen molar-refractivity contribution in [3.8, 4) is 0 Å². The van der Waals surface area contributed by atoms with Crippen LogP contribution in [-0.4, -0.2) is 11.9 Å². The van der Waals surface area contributed by atoms with Gasteiger partial charge in [0.25, 0.3) is 0 Å². The molecular formula is C14H20O4. The fourth-order valence-corrected chi connectivity index (χ4v) is 2.65. The third-order valence-corrected chi connectivity index (χ3v) is 4.35. The molecule has 0 bridgehead atoms. The van der Waals surface area contributed by atoms with E-state index in [1.165, 1.54) is 0 Å². The molecule has 0 heterocycles. The van der Waals surface area contributed by atoms with Crippen LogP contribution in [0.25, 0.3) is 0 Å². The summed E-state index contributed by atoms with van der Waals surface area (Å²) in [5.74, 6) is -1.03. The maximum atomic E-state index is 12.0. The molecule has 0 aromatic heterocycles. The third kappa shape index (κ3) is 2.07. The van der Waals surface area contributed by atoms with Crippen molar-refractivity contribution in [2.45, 2.75) is 33.6 Å². The Kier molecular flexibility index (Phi) is 3.99. The third-order valence-electron chi connectivity index (χ3n) is 4.35. The Hall–Kier alpha value is -1.58. The fourth-order valence-electron chi connectivity index (χ4n) is 2.65. The summed E-state index contributed by atoms with van der Waals surface area (Å²) >= 11 is 0. The Morgan fingerprint density at radius 2 is 1.72 bits per heavy atom. The molecule has 1 aliphatic carbocycles. The van der Waals surface area contributed by atoms with Crippen LogP contribution >= 0.6 is 0 Å². The van der Waals surface area contributed by atoms with Gasteiger partial charge in [0.1, 0.15) is 0 Å². The number of hydrogen-bond acceptors (Lipinski definition) is 4. The van der Waals surface area contributed by atoms with Gasteiger partial charge in [0, 0.05) is 0 Å². The summed E-state index contributed by atoms with van der Waals surface area (Å²) in [4.78, 5) is 23.9. The maximum absolute atomic E-state index is 12.0. The first kappa shape index (κ1) is 14.5. The number of ether oxygens (including phenoxy) is 2. The standard InChI is InChI=1S/C14H20O4/c1-6-17-11(15)10-8-9-14(5,13(10,3)4)12(16)18-7-2/h6-7,10H,1-2,8-9H2,3-5H3/t10-,14+/m1/s1. The molecule has 0 aliphatic heterocycles. The lowest BCUT2D eigenvalue weighted by Crippen LogP contribution is -2.43. The van der Waals surface area contributed by atoms with Crippen LogP contribution in [0.1, 0.15) is 33.6 Å². The van der Waals surface area contributed by atoms with Gasteiger partial charge in [-0.05, 0) is 25.2 Å². The molecule has 1 fully saturated rings. The summed E-state index contributed by atoms with van der Waals surface area (Å²) in [6.45, 7) is 12.4. The van der Waals surface area contributed by atoms with Crippen LogP contribution in [0.3, 0.4) is 0 Å². The first-order valence-corrected chi connectivity index (χ1v) is 5.94. The zero-order valence-electron chi connectivity index (χ0n) is 11.2. The molecule has 1 rings (SSSR count). The van der Waals surface area contributed by atoms with E-state index in [-0.39, 0.29) is 17.9 Å². The highest BCUT2D eigenvalue weighted by molar-refractivity contribution is 5.82. The van der Waals surface area contributed by atoms with E-state index in [1.54, 1.807) is 0 Å². The summed E-state index contributed by atoms with van der Waals surface area (Å²) in [7, 11) is 0. The van der Waals surface area contributed by atoms with Gasteiger partial charge < -0.3 is 9.47 Å². The summed E-state index contributed by atoms with van der Waals surface area (Å²) in [5.41, 5.74) is -1.25. The molecule has 0 aromatic rings. The van der Waals surface area contributed by atoms with E-state index in [9.17, 15) is 9.59 Å². The zero-order valence-corrected chi connectivity index (χ0v) is 11.2. The lowest BCUT2D eigenvalue weighted by Gasteiger charge is -2.38. The van der Waals surface area contributed by atoms with Gasteiger partial charge in [-0.15, -0.1) is 0 Å². The molecule has 1 saturated carbocycles. The van der Waals surface area contributed by atoms with E-state index >= 15 is 0 Å². The summed E-state index contributed by atoms with van der Waals surface area (Å²) in [6, 6.07) is 0. The molecular weight excluding hydrogens is 232 g/mol. The molecule has 18 heavy (non-hydrogen) atoms. The highest BCUT2D eigenvalue weighted by Gasteiger charge is 2.59. The van der Waals surface area contributed by atoms with Gasteiger partial charge in [-0.3, -0.25) is 9.59 Å². The monoisotopic (exact) mass is 252 g/mol. The molecule has 0 spiro atoms. The Morgan fingerprint density at radius 1 is 1.17 bits per heavy atom. The van der Waals surface area contributed by atoms with Gasteiger partial charge >= 0.3 is 11.9 Å². The highest BCUT2D eigenvalue weighted by atomic mass is 16.5. The quantitative estimate of drug-likeness (QED) is 0.570. The topological polar surface area (TPSA) is 52.6 Å². The molecule has 0 amide bonds. The van der Waals surface area contributed by atoms with Gasteiger partial charge in [-0.25, -0.2) is 0 Å². The molecule has 100 valence electrons. The second-order valence-electron chi connectivity index (χ2n) is 5.32. The molecule has 0 saturated heterocycles. The smallest absolute Gasteiger partial charge is 0.317 e. The first-order valence-electron chi connectivity index (χ1n) is 5.94. The van der Waals surface area contributed by atoms with Crippen LogP contribution in [0.5, 0.6) is 0 Å². The molecule has 0 radical (unpaired) electrons. The van der Waals surface area contributed by atoms with Gasteiger partial charge in [0.05, 0.1) is 23.9 Å². The van der Waals surface area contributed by atoms with Crippen molar-refractivity contribution in [2.24, 2.45) is 16.7 Å². The number of esters is 2. The number of carbonyl (C=O) groups excluding carboxylic acids is 2. The largest absolute Gasteiger partial charge is 0.435 e. The van der Waals surface area contributed by atoms with Crippen molar-refractivity contribution < 1.29 is 19.1 Å². The van der Waals surface area contributed by atoms with Gasteiger partial charge in [-0.1, -0.05) is 27.0 Å². The Labute approximate surface area is 108 Å². The van der Waals surface area contributed by atoms with Gasteiger partial charge in [-0.2, -0.15) is 0 Å². The van der Waals surface area contributed by atoms with Gasteiger partial charge in [0.15, 0.2) is 0 Å². The second-order valence-corrected chi connectivity index (χ2v) is 5.32. The molecule has 4 heteroatoms. The van der Waals surface area contributed by atoms with Crippen molar-refractivity contribution in [1.29, 1.82) is 0 Å². The fraction of sp³-hybridized carbons (Fsp3) is 0.571. The van der Waals surface area contributed by atoms with E-state index in [0.29, 0.717) is 12.8 Å². The highest BCUT2D eigenvalue weighted by Crippen LogP contribution is 2.56. The first-order chi connectivity index (χ1) is 8.31. The molecule has 0 aromatic carbocycles. The Balaban J connectivity index is 3.00. The molecule has 0 unspecified atom stereocenters. The minimum atomic E-state index is -0.716. The van der Waals surface area contributed by atoms with Crippen molar-refractivity contribution >= 4 is 11.9 Å². The summed E-state index contributed by atoms with van der Waals surface area (Å²) < 4.78 is 9.75. The molecule has 1 aliphatic rings. The Morgan fingerprint density at radius 3 is 2.22 bits per heavy atom. The average molecular weight is 252 g/mol. The normalized spacial score (nSPS) is 29.4. The van der Waals surface area contributed by atoms with Crippen molar-refractivity contribution in [2.75, 3.05) is 0 Å². The lowest BCUT2D eigenvalue weighted by atomic mass is 9.65. The SMILES string of the molecule is C=COC(=O)[C@H]1CC[C@@](C)(C(=O)OC=C)C1(C)C. The minimum absolute atomic E-state index is 0.335. The lowest BCUT2D eigenvalue weighted by molar-refractivity contribution is -0.158. The molecule has 0 N–H and O–H groups in total. The van der Waals surface area contributed by atoms with E-state index in [0.717, 1.165) is 12.5 Å². The number of carbonyl (C=O) groups is 2. The van der Waals surface area contributed by atoms with Crippen molar-refractivity contribution in [3.63, 3.8) is 0 Å². The van der Waals surface area contributed by atoms with E-state index in [1.807, 2.05) is 20.8 Å². The van der Waals surface area contributed by atoms with Crippen molar-refractivity contribution in [1.82, 2.24) is 0 Å². The summed E-state index contributed by atoms with van der Waals surface area (Å²) in [6.07, 6.45) is 3.43. The van der Waals surface area contributed by atoms with Crippen LogP contribution in [0.15, 0.2) is 25.7 Å². The van der Waals surface area contributed by atoms with E-state index in [4.69, 9.17) is 9.47 Å². The number of rotatable bonds is 4. The molecule has 2 atom stereocenters. The molecule has 4 nitrogen and oxygen atoms in total. The maximum Gasteiger partial charge on any atom is 0.317 e. The number of hydrogen-bond donors (Lipinski definition) is 0. The van der Waals surface area contributed by atoms with Gasteiger partial charge in [0.2, 0.25) is 0 Å². The van der Waals surface area contributed by atoms with Crippen LogP contribution in [-0.2, 0) is 19.1 Å². The van der Waals surface area contributed by atoms with E-state index < -0.39 is 10.8 Å². The minimum Gasteiger partial charge on any atom is -0.435 e. The van der Waals surface area contributed by atoms with Crippen LogP contribution in [0.2, 0.25) is 0 Å². The summed E-state index contributed by atoms with van der Waals surface area (Å²) in [5, 5.41) is 0. The average Bonchev–Trinajstić information content (AvgIpc) is 2.52. The Bertz CT molecular complexity index is 383.